The van der Waals surface area contributed by atoms with E-state index in [1.54, 1.807) is 25.6 Å². The average Bonchev–Trinajstić information content (AvgIpc) is 3.04. The van der Waals surface area contributed by atoms with Gasteiger partial charge in [-0.2, -0.15) is 0 Å². The van der Waals surface area contributed by atoms with Crippen molar-refractivity contribution in [1.29, 1.82) is 0 Å². The molecule has 0 fully saturated rings. The molecule has 0 bridgehead atoms. The van der Waals surface area contributed by atoms with Crippen molar-refractivity contribution >= 4 is 17.3 Å². The van der Waals surface area contributed by atoms with Crippen LogP contribution in [0.5, 0.6) is 11.5 Å². The topological polar surface area (TPSA) is 67.8 Å². The second-order valence-corrected chi connectivity index (χ2v) is 6.47. The number of benzene rings is 1. The van der Waals surface area contributed by atoms with Crippen molar-refractivity contribution in [2.75, 3.05) is 27.3 Å². The lowest BCUT2D eigenvalue weighted by atomic mass is 10.2. The maximum Gasteiger partial charge on any atom is 0.191 e. The Kier molecular flexibility index (Phi) is 7.53. The van der Waals surface area contributed by atoms with Crippen LogP contribution in [0.2, 0.25) is 0 Å². The Morgan fingerprint density at radius 3 is 2.72 bits per heavy atom. The number of nitrogens with one attached hydrogen (secondary N) is 2. The first-order valence-electron chi connectivity index (χ1n) is 8.30. The second kappa shape index (κ2) is 9.88. The number of methoxy groups -OCH3 is 2. The summed E-state index contributed by atoms with van der Waals surface area (Å²) in [5.41, 5.74) is 2.12. The summed E-state index contributed by atoms with van der Waals surface area (Å²) in [6, 6.07) is 5.76. The van der Waals surface area contributed by atoms with Crippen molar-refractivity contribution in [3.8, 4) is 11.5 Å². The van der Waals surface area contributed by atoms with Crippen molar-refractivity contribution in [2.24, 2.45) is 4.99 Å². The third-order valence-electron chi connectivity index (χ3n) is 3.59. The van der Waals surface area contributed by atoms with E-state index < -0.39 is 0 Å². The highest BCUT2D eigenvalue weighted by Gasteiger charge is 2.06. The summed E-state index contributed by atoms with van der Waals surface area (Å²) in [5.74, 6) is 2.33. The van der Waals surface area contributed by atoms with Crippen molar-refractivity contribution in [3.05, 3.63) is 39.8 Å². The summed E-state index contributed by atoms with van der Waals surface area (Å²) in [6.45, 7) is 6.19. The Morgan fingerprint density at radius 1 is 1.24 bits per heavy atom. The molecule has 0 aliphatic heterocycles. The Hall–Kier alpha value is -2.28. The monoisotopic (exact) mass is 362 g/mol. The molecule has 0 saturated heterocycles. The zero-order valence-corrected chi connectivity index (χ0v) is 16.1. The lowest BCUT2D eigenvalue weighted by Crippen LogP contribution is -2.38. The molecule has 0 aliphatic rings. The van der Waals surface area contributed by atoms with Gasteiger partial charge in [0.2, 0.25) is 0 Å². The Labute approximate surface area is 153 Å². The molecular weight excluding hydrogens is 336 g/mol. The van der Waals surface area contributed by atoms with E-state index in [4.69, 9.17) is 9.47 Å². The Morgan fingerprint density at radius 2 is 2.08 bits per heavy atom. The van der Waals surface area contributed by atoms with E-state index >= 15 is 0 Å². The lowest BCUT2D eigenvalue weighted by Gasteiger charge is -2.12. The summed E-state index contributed by atoms with van der Waals surface area (Å²) in [6.07, 6.45) is 0.876. The molecule has 2 aromatic rings. The van der Waals surface area contributed by atoms with Crippen molar-refractivity contribution in [3.63, 3.8) is 0 Å². The van der Waals surface area contributed by atoms with Crippen molar-refractivity contribution in [2.45, 2.75) is 26.8 Å². The van der Waals surface area contributed by atoms with Crippen molar-refractivity contribution < 1.29 is 9.47 Å². The fourth-order valence-electron chi connectivity index (χ4n) is 2.32. The minimum absolute atomic E-state index is 0.526. The maximum atomic E-state index is 5.42. The highest BCUT2D eigenvalue weighted by atomic mass is 32.1. The van der Waals surface area contributed by atoms with Gasteiger partial charge in [0.15, 0.2) is 5.96 Å². The summed E-state index contributed by atoms with van der Waals surface area (Å²) >= 11 is 1.68. The summed E-state index contributed by atoms with van der Waals surface area (Å²) in [7, 11) is 3.30. The Bertz CT molecular complexity index is 700. The average molecular weight is 362 g/mol. The number of aromatic nitrogens is 1. The number of nitrogens with zero attached hydrogens (tertiary/aromatic N) is 2. The lowest BCUT2D eigenvalue weighted by molar-refractivity contribution is 0.391. The Balaban J connectivity index is 1.96. The first-order chi connectivity index (χ1) is 12.2. The summed E-state index contributed by atoms with van der Waals surface area (Å²) < 4.78 is 10.7. The van der Waals surface area contributed by atoms with Gasteiger partial charge in [0.05, 0.1) is 31.5 Å². The molecule has 0 unspecified atom stereocenters. The second-order valence-electron chi connectivity index (χ2n) is 5.41. The molecular formula is C18H26N4O2S. The zero-order valence-electron chi connectivity index (χ0n) is 15.3. The third-order valence-corrected chi connectivity index (χ3v) is 4.41. The molecule has 25 heavy (non-hydrogen) atoms. The van der Waals surface area contributed by atoms with Gasteiger partial charge in [0.25, 0.3) is 0 Å². The molecule has 1 aromatic carbocycles. The summed E-state index contributed by atoms with van der Waals surface area (Å²) in [5, 5.41) is 9.81. The van der Waals surface area contributed by atoms with Crippen LogP contribution in [0.25, 0.3) is 0 Å². The van der Waals surface area contributed by atoms with Gasteiger partial charge in [-0.05, 0) is 26.0 Å². The summed E-state index contributed by atoms with van der Waals surface area (Å²) in [4.78, 5) is 9.12. The largest absolute Gasteiger partial charge is 0.497 e. The van der Waals surface area contributed by atoms with E-state index in [9.17, 15) is 0 Å². The fourth-order valence-corrected chi connectivity index (χ4v) is 2.97. The van der Waals surface area contributed by atoms with E-state index in [2.05, 4.69) is 32.9 Å². The van der Waals surface area contributed by atoms with Crippen molar-refractivity contribution in [1.82, 2.24) is 15.6 Å². The molecule has 0 spiro atoms. The number of hydrogen-bond donors (Lipinski definition) is 2. The van der Waals surface area contributed by atoms with Crippen LogP contribution in [0.15, 0.2) is 28.6 Å². The molecule has 1 heterocycles. The minimum atomic E-state index is 0.526. The van der Waals surface area contributed by atoms with Gasteiger partial charge in [0.1, 0.15) is 11.5 Å². The van der Waals surface area contributed by atoms with Gasteiger partial charge in [-0.1, -0.05) is 0 Å². The van der Waals surface area contributed by atoms with Gasteiger partial charge in [0, 0.05) is 36.5 Å². The molecule has 0 atom stereocenters. The number of thiazole rings is 1. The molecule has 2 N–H and O–H groups in total. The fraction of sp³-hybridized carbons (Fsp3) is 0.444. The van der Waals surface area contributed by atoms with Crippen LogP contribution in [-0.2, 0) is 13.0 Å². The van der Waals surface area contributed by atoms with E-state index in [0.29, 0.717) is 6.54 Å². The van der Waals surface area contributed by atoms with E-state index in [1.165, 1.54) is 0 Å². The van der Waals surface area contributed by atoms with Crippen LogP contribution in [0.4, 0.5) is 0 Å². The number of hydrogen-bond acceptors (Lipinski definition) is 5. The highest BCUT2D eigenvalue weighted by Crippen LogP contribution is 2.25. The normalized spacial score (nSPS) is 11.3. The number of guanidine groups is 1. The molecule has 6 nitrogen and oxygen atoms in total. The molecule has 0 saturated carbocycles. The number of aliphatic imine (C=N–C) groups is 1. The van der Waals surface area contributed by atoms with Crippen LogP contribution in [0, 0.1) is 6.92 Å². The standard InChI is InChI=1S/C18H26N4O2S/c1-5-19-18(20-9-8-15-12-25-13(2)22-15)21-11-14-6-7-16(23-3)10-17(14)24-4/h6-7,10,12H,5,8-9,11H2,1-4H3,(H2,19,20,21). The van der Waals surface area contributed by atoms with Crippen LogP contribution in [-0.4, -0.2) is 38.3 Å². The molecule has 1 aromatic heterocycles. The van der Waals surface area contributed by atoms with E-state index in [-0.39, 0.29) is 0 Å². The molecule has 136 valence electrons. The number of aryl methyl sites for hydroxylation is 1. The maximum absolute atomic E-state index is 5.42. The van der Waals surface area contributed by atoms with Crippen LogP contribution < -0.4 is 20.1 Å². The van der Waals surface area contributed by atoms with Crippen LogP contribution in [0.3, 0.4) is 0 Å². The quantitative estimate of drug-likeness (QED) is 0.558. The predicted octanol–water partition coefficient (Wildman–Crippen LogP) is 2.77. The number of rotatable bonds is 8. The van der Waals surface area contributed by atoms with Gasteiger partial charge in [-0.25, -0.2) is 9.98 Å². The molecule has 0 aliphatic carbocycles. The highest BCUT2D eigenvalue weighted by molar-refractivity contribution is 7.09. The van der Waals surface area contributed by atoms with Gasteiger partial charge in [-0.15, -0.1) is 11.3 Å². The molecule has 2 rings (SSSR count). The molecule has 7 heteroatoms. The first-order valence-corrected chi connectivity index (χ1v) is 9.18. The number of ether oxygens (including phenoxy) is 2. The van der Waals surface area contributed by atoms with E-state index in [1.807, 2.05) is 25.1 Å². The zero-order chi connectivity index (χ0) is 18.1. The van der Waals surface area contributed by atoms with Gasteiger partial charge >= 0.3 is 0 Å². The predicted molar refractivity (Wildman–Crippen MR) is 103 cm³/mol. The smallest absolute Gasteiger partial charge is 0.191 e. The molecule has 0 radical (unpaired) electrons. The molecule has 0 amide bonds. The van der Waals surface area contributed by atoms with Gasteiger partial charge < -0.3 is 20.1 Å². The first kappa shape index (κ1) is 19.1. The SMILES string of the molecule is CCNC(=NCc1ccc(OC)cc1OC)NCCc1csc(C)n1. The van der Waals surface area contributed by atoms with E-state index in [0.717, 1.165) is 53.2 Å². The third kappa shape index (κ3) is 5.94. The van der Waals surface area contributed by atoms with Gasteiger partial charge in [-0.3, -0.25) is 0 Å². The van der Waals surface area contributed by atoms with Crippen LogP contribution >= 0.6 is 11.3 Å². The minimum Gasteiger partial charge on any atom is -0.497 e. The van der Waals surface area contributed by atoms with Crippen LogP contribution in [0.1, 0.15) is 23.2 Å².